The van der Waals surface area contributed by atoms with Crippen LogP contribution in [0.4, 0.5) is 0 Å². The molecule has 0 aliphatic carbocycles. The molecule has 1 amide bonds. The maximum absolute atomic E-state index is 12.6. The van der Waals surface area contributed by atoms with Crippen LogP contribution in [0.15, 0.2) is 36.5 Å². The van der Waals surface area contributed by atoms with Crippen LogP contribution in [0.1, 0.15) is 29.9 Å². The van der Waals surface area contributed by atoms with Crippen LogP contribution >= 0.6 is 0 Å². The minimum Gasteiger partial charge on any atom is -0.497 e. The molecular formula is C26H33N3O5. The quantitative estimate of drug-likeness (QED) is 0.499. The third kappa shape index (κ3) is 5.07. The minimum absolute atomic E-state index is 0.00730. The number of aromatic nitrogens is 1. The van der Waals surface area contributed by atoms with Gasteiger partial charge >= 0.3 is 0 Å². The predicted molar refractivity (Wildman–Crippen MR) is 131 cm³/mol. The van der Waals surface area contributed by atoms with E-state index in [0.29, 0.717) is 36.3 Å². The van der Waals surface area contributed by atoms with Gasteiger partial charge in [-0.25, -0.2) is 0 Å². The third-order valence-electron chi connectivity index (χ3n) is 6.58. The van der Waals surface area contributed by atoms with Crippen LogP contribution < -0.4 is 24.3 Å². The van der Waals surface area contributed by atoms with E-state index in [0.717, 1.165) is 42.8 Å². The first-order chi connectivity index (χ1) is 16.6. The highest BCUT2D eigenvalue weighted by molar-refractivity contribution is 5.85. The molecule has 1 fully saturated rings. The Hall–Kier alpha value is -3.39. The molecular weight excluding hydrogens is 434 g/mol. The zero-order valence-electron chi connectivity index (χ0n) is 20.3. The number of hydrogen-bond donors (Lipinski definition) is 2. The van der Waals surface area contributed by atoms with Gasteiger partial charge in [-0.3, -0.25) is 9.69 Å². The van der Waals surface area contributed by atoms with Crippen molar-refractivity contribution in [2.45, 2.75) is 25.3 Å². The van der Waals surface area contributed by atoms with Crippen LogP contribution in [0.5, 0.6) is 23.0 Å². The lowest BCUT2D eigenvalue weighted by molar-refractivity contribution is -0.122. The molecule has 182 valence electrons. The Labute approximate surface area is 200 Å². The molecule has 2 N–H and O–H groups in total. The number of likely N-dealkylation sites (tertiary alicyclic amines) is 1. The molecule has 0 bridgehead atoms. The monoisotopic (exact) mass is 467 g/mol. The van der Waals surface area contributed by atoms with Crippen LogP contribution in [-0.4, -0.2) is 63.9 Å². The first-order valence-electron chi connectivity index (χ1n) is 11.5. The maximum atomic E-state index is 12.6. The van der Waals surface area contributed by atoms with Crippen molar-refractivity contribution in [3.05, 3.63) is 47.7 Å². The SMILES string of the molecule is COc1ccc2[nH]cc(C3CCN(CC(=O)NCc4cc(OC)c(OC)cc4OC)CC3)c2c1. The van der Waals surface area contributed by atoms with E-state index in [1.54, 1.807) is 34.5 Å². The van der Waals surface area contributed by atoms with Crippen molar-refractivity contribution in [3.63, 3.8) is 0 Å². The van der Waals surface area contributed by atoms with Crippen LogP contribution in [0.25, 0.3) is 10.9 Å². The van der Waals surface area contributed by atoms with E-state index >= 15 is 0 Å². The number of methoxy groups -OCH3 is 4. The number of ether oxygens (including phenoxy) is 4. The summed E-state index contributed by atoms with van der Waals surface area (Å²) in [4.78, 5) is 18.2. The van der Waals surface area contributed by atoms with Gasteiger partial charge in [-0.1, -0.05) is 0 Å². The molecule has 0 atom stereocenters. The van der Waals surface area contributed by atoms with E-state index < -0.39 is 0 Å². The number of piperidine rings is 1. The standard InChI is InChI=1S/C26H33N3O5/c1-31-19-5-6-22-20(12-19)21(15-27-22)17-7-9-29(10-8-17)16-26(30)28-14-18-11-24(33-3)25(34-4)13-23(18)32-2/h5-6,11-13,15,17,27H,7-10,14,16H2,1-4H3,(H,28,30). The Kier molecular flexibility index (Phi) is 7.47. The molecule has 2 heterocycles. The van der Waals surface area contributed by atoms with Crippen LogP contribution in [0.2, 0.25) is 0 Å². The molecule has 1 aliphatic heterocycles. The molecule has 0 spiro atoms. The van der Waals surface area contributed by atoms with Crippen molar-refractivity contribution < 1.29 is 23.7 Å². The van der Waals surface area contributed by atoms with Crippen molar-refractivity contribution in [2.24, 2.45) is 0 Å². The maximum Gasteiger partial charge on any atom is 0.234 e. The van der Waals surface area contributed by atoms with E-state index in [2.05, 4.69) is 33.5 Å². The number of fused-ring (bicyclic) bond motifs is 1. The highest BCUT2D eigenvalue weighted by Gasteiger charge is 2.24. The summed E-state index contributed by atoms with van der Waals surface area (Å²) in [6.45, 7) is 2.50. The number of nitrogens with zero attached hydrogens (tertiary/aromatic N) is 1. The average molecular weight is 468 g/mol. The van der Waals surface area contributed by atoms with E-state index in [-0.39, 0.29) is 5.91 Å². The number of carbonyl (C=O) groups is 1. The molecule has 1 saturated heterocycles. The zero-order valence-corrected chi connectivity index (χ0v) is 20.3. The van der Waals surface area contributed by atoms with Crippen molar-refractivity contribution >= 4 is 16.8 Å². The van der Waals surface area contributed by atoms with Crippen molar-refractivity contribution in [1.82, 2.24) is 15.2 Å². The second-order valence-corrected chi connectivity index (χ2v) is 8.50. The molecule has 3 aromatic rings. The normalized spacial score (nSPS) is 14.7. The van der Waals surface area contributed by atoms with E-state index in [4.69, 9.17) is 18.9 Å². The summed E-state index contributed by atoms with van der Waals surface area (Å²) in [5.41, 5.74) is 3.30. The molecule has 0 unspecified atom stereocenters. The number of carbonyl (C=O) groups excluding carboxylic acids is 1. The second-order valence-electron chi connectivity index (χ2n) is 8.50. The van der Waals surface area contributed by atoms with Gasteiger partial charge in [0.05, 0.1) is 35.0 Å². The molecule has 8 nitrogen and oxygen atoms in total. The van der Waals surface area contributed by atoms with Crippen molar-refractivity contribution in [1.29, 1.82) is 0 Å². The van der Waals surface area contributed by atoms with Crippen molar-refractivity contribution in [2.75, 3.05) is 48.1 Å². The first-order valence-corrected chi connectivity index (χ1v) is 11.5. The van der Waals surface area contributed by atoms with Gasteiger partial charge in [-0.2, -0.15) is 0 Å². The average Bonchev–Trinajstić information content (AvgIpc) is 3.30. The molecule has 8 heteroatoms. The third-order valence-corrected chi connectivity index (χ3v) is 6.58. The van der Waals surface area contributed by atoms with E-state index in [1.165, 1.54) is 10.9 Å². The lowest BCUT2D eigenvalue weighted by Gasteiger charge is -2.31. The van der Waals surface area contributed by atoms with Gasteiger partial charge in [-0.05, 0) is 61.7 Å². The molecule has 1 aliphatic rings. The number of H-pyrrole nitrogens is 1. The first kappa shape index (κ1) is 23.8. The summed E-state index contributed by atoms with van der Waals surface area (Å²) in [5.74, 6) is 3.17. The van der Waals surface area contributed by atoms with Gasteiger partial charge in [-0.15, -0.1) is 0 Å². The predicted octanol–water partition coefficient (Wildman–Crippen LogP) is 3.70. The second kappa shape index (κ2) is 10.7. The number of amides is 1. The van der Waals surface area contributed by atoms with E-state index in [1.807, 2.05) is 12.1 Å². The van der Waals surface area contributed by atoms with Crippen molar-refractivity contribution in [3.8, 4) is 23.0 Å². The summed E-state index contributed by atoms with van der Waals surface area (Å²) in [6, 6.07) is 9.74. The molecule has 0 radical (unpaired) electrons. The lowest BCUT2D eigenvalue weighted by Crippen LogP contribution is -2.41. The van der Waals surface area contributed by atoms with Gasteiger partial charge in [0, 0.05) is 35.3 Å². The number of hydrogen-bond acceptors (Lipinski definition) is 6. The van der Waals surface area contributed by atoms with Crippen LogP contribution in [0.3, 0.4) is 0 Å². The lowest BCUT2D eigenvalue weighted by atomic mass is 9.89. The molecule has 0 saturated carbocycles. The molecule has 2 aromatic carbocycles. The van der Waals surface area contributed by atoms with Gasteiger partial charge in [0.1, 0.15) is 11.5 Å². The minimum atomic E-state index is -0.00730. The summed E-state index contributed by atoms with van der Waals surface area (Å²) in [5, 5.41) is 4.23. The van der Waals surface area contributed by atoms with Gasteiger partial charge in [0.15, 0.2) is 11.5 Å². The molecule has 4 rings (SSSR count). The summed E-state index contributed by atoms with van der Waals surface area (Å²) in [6.07, 6.45) is 4.15. The number of nitrogens with one attached hydrogen (secondary N) is 2. The van der Waals surface area contributed by atoms with Crippen LogP contribution in [-0.2, 0) is 11.3 Å². The smallest absolute Gasteiger partial charge is 0.234 e. The fraction of sp³-hybridized carbons (Fsp3) is 0.423. The molecule has 1 aromatic heterocycles. The Balaban J connectivity index is 1.31. The zero-order chi connectivity index (χ0) is 24.1. The Morgan fingerprint density at radius 2 is 1.68 bits per heavy atom. The van der Waals surface area contributed by atoms with E-state index in [9.17, 15) is 4.79 Å². The summed E-state index contributed by atoms with van der Waals surface area (Å²) < 4.78 is 21.6. The number of benzene rings is 2. The molecule has 34 heavy (non-hydrogen) atoms. The largest absolute Gasteiger partial charge is 0.497 e. The fourth-order valence-electron chi connectivity index (χ4n) is 4.67. The highest BCUT2D eigenvalue weighted by atomic mass is 16.5. The van der Waals surface area contributed by atoms with Gasteiger partial charge < -0.3 is 29.2 Å². The topological polar surface area (TPSA) is 85.1 Å². The fourth-order valence-corrected chi connectivity index (χ4v) is 4.67. The van der Waals surface area contributed by atoms with Gasteiger partial charge in [0.25, 0.3) is 0 Å². The number of rotatable bonds is 9. The Morgan fingerprint density at radius 3 is 2.35 bits per heavy atom. The number of aromatic amines is 1. The summed E-state index contributed by atoms with van der Waals surface area (Å²) >= 11 is 0. The summed E-state index contributed by atoms with van der Waals surface area (Å²) in [7, 11) is 6.46. The van der Waals surface area contributed by atoms with Gasteiger partial charge in [0.2, 0.25) is 5.91 Å². The Morgan fingerprint density at radius 1 is 0.971 bits per heavy atom. The van der Waals surface area contributed by atoms with Crippen LogP contribution in [0, 0.1) is 0 Å². The Bertz CT molecular complexity index is 1130. The highest BCUT2D eigenvalue weighted by Crippen LogP contribution is 2.35.